The van der Waals surface area contributed by atoms with Gasteiger partial charge >= 0.3 is 0 Å². The van der Waals surface area contributed by atoms with Crippen LogP contribution < -0.4 is 10.6 Å². The van der Waals surface area contributed by atoms with Gasteiger partial charge in [0.15, 0.2) is 5.82 Å². The van der Waals surface area contributed by atoms with Gasteiger partial charge in [0.2, 0.25) is 5.65 Å². The van der Waals surface area contributed by atoms with E-state index in [1.807, 2.05) is 23.7 Å². The summed E-state index contributed by atoms with van der Waals surface area (Å²) in [7, 11) is 0. The third-order valence-corrected chi connectivity index (χ3v) is 4.02. The number of hydrogen-bond acceptors (Lipinski definition) is 5. The zero-order valence-electron chi connectivity index (χ0n) is 11.5. The maximum absolute atomic E-state index is 5.93. The van der Waals surface area contributed by atoms with Gasteiger partial charge in [0, 0.05) is 31.0 Å². The first-order chi connectivity index (χ1) is 9.22. The Morgan fingerprint density at radius 1 is 1.37 bits per heavy atom. The predicted octanol–water partition coefficient (Wildman–Crippen LogP) is 1.14. The normalized spacial score (nSPS) is 24.1. The Labute approximate surface area is 112 Å². The molecule has 0 bridgehead atoms. The monoisotopic (exact) mass is 260 g/mol. The van der Waals surface area contributed by atoms with E-state index in [4.69, 9.17) is 5.73 Å². The highest BCUT2D eigenvalue weighted by molar-refractivity contribution is 5.65. The van der Waals surface area contributed by atoms with Crippen LogP contribution in [-0.4, -0.2) is 38.2 Å². The molecule has 1 fully saturated rings. The molecule has 3 heterocycles. The van der Waals surface area contributed by atoms with E-state index in [2.05, 4.69) is 27.0 Å². The van der Waals surface area contributed by atoms with E-state index in [-0.39, 0.29) is 0 Å². The van der Waals surface area contributed by atoms with E-state index in [1.165, 1.54) is 12.8 Å². The molecule has 0 aromatic carbocycles. The third-order valence-electron chi connectivity index (χ3n) is 4.02. The molecule has 0 saturated carbocycles. The van der Waals surface area contributed by atoms with Crippen molar-refractivity contribution in [1.29, 1.82) is 0 Å². The molecule has 2 unspecified atom stereocenters. The minimum Gasteiger partial charge on any atom is -0.347 e. The van der Waals surface area contributed by atoms with Crippen molar-refractivity contribution in [2.45, 2.75) is 45.2 Å². The fraction of sp³-hybridized carbons (Fsp3) is 0.615. The topological polar surface area (TPSA) is 72.3 Å². The third kappa shape index (κ3) is 1.96. The van der Waals surface area contributed by atoms with Gasteiger partial charge in [-0.15, -0.1) is 10.2 Å². The number of nitrogens with two attached hydrogens (primary N) is 1. The van der Waals surface area contributed by atoms with Gasteiger partial charge in [-0.05, 0) is 33.1 Å². The van der Waals surface area contributed by atoms with Crippen LogP contribution in [0.4, 0.5) is 5.82 Å². The Balaban J connectivity index is 2.11. The zero-order valence-corrected chi connectivity index (χ0v) is 11.5. The van der Waals surface area contributed by atoms with Gasteiger partial charge in [-0.3, -0.25) is 4.40 Å². The summed E-state index contributed by atoms with van der Waals surface area (Å²) in [4.78, 5) is 6.87. The Kier molecular flexibility index (Phi) is 3.10. The summed E-state index contributed by atoms with van der Waals surface area (Å²) in [6.07, 6.45) is 7.24. The maximum atomic E-state index is 5.93. The summed E-state index contributed by atoms with van der Waals surface area (Å²) in [5, 5.41) is 8.41. The lowest BCUT2D eigenvalue weighted by molar-refractivity contribution is 0.398. The highest BCUT2D eigenvalue weighted by Crippen LogP contribution is 2.29. The highest BCUT2D eigenvalue weighted by atomic mass is 15.3. The van der Waals surface area contributed by atoms with Crippen LogP contribution in [0, 0.1) is 6.92 Å². The molecule has 1 aliphatic heterocycles. The van der Waals surface area contributed by atoms with Gasteiger partial charge in [0.05, 0.1) is 0 Å². The molecule has 2 atom stereocenters. The van der Waals surface area contributed by atoms with Crippen molar-refractivity contribution in [3.63, 3.8) is 0 Å². The molecule has 1 aliphatic rings. The Morgan fingerprint density at radius 2 is 2.21 bits per heavy atom. The lowest BCUT2D eigenvalue weighted by atomic mass is 9.96. The van der Waals surface area contributed by atoms with E-state index in [1.54, 1.807) is 0 Å². The molecule has 0 spiro atoms. The van der Waals surface area contributed by atoms with Crippen LogP contribution in [0.3, 0.4) is 0 Å². The molecule has 6 heteroatoms. The van der Waals surface area contributed by atoms with E-state index in [0.29, 0.717) is 18.6 Å². The van der Waals surface area contributed by atoms with Crippen LogP contribution in [0.15, 0.2) is 12.4 Å². The minimum atomic E-state index is 0.347. The zero-order chi connectivity index (χ0) is 13.4. The van der Waals surface area contributed by atoms with Crippen molar-refractivity contribution in [2.24, 2.45) is 5.73 Å². The summed E-state index contributed by atoms with van der Waals surface area (Å²) in [5.74, 6) is 1.79. The molecule has 102 valence electrons. The van der Waals surface area contributed by atoms with Gasteiger partial charge < -0.3 is 10.6 Å². The Hall–Kier alpha value is -1.69. The summed E-state index contributed by atoms with van der Waals surface area (Å²) < 4.78 is 1.98. The molecule has 0 radical (unpaired) electrons. The van der Waals surface area contributed by atoms with E-state index in [9.17, 15) is 0 Å². The smallest absolute Gasteiger partial charge is 0.203 e. The SMILES string of the molecule is Cc1nnc2c(N3C(C)CCCC3CN)nccn12. The summed E-state index contributed by atoms with van der Waals surface area (Å²) in [6, 6.07) is 0.789. The number of anilines is 1. The largest absolute Gasteiger partial charge is 0.347 e. The van der Waals surface area contributed by atoms with Crippen LogP contribution in [-0.2, 0) is 0 Å². The molecule has 3 rings (SSSR count). The summed E-state index contributed by atoms with van der Waals surface area (Å²) in [6.45, 7) is 4.83. The van der Waals surface area contributed by atoms with E-state index in [0.717, 1.165) is 23.7 Å². The molecular formula is C13H20N6. The number of fused-ring (bicyclic) bond motifs is 1. The molecule has 0 amide bonds. The lowest BCUT2D eigenvalue weighted by Crippen LogP contribution is -2.49. The average molecular weight is 260 g/mol. The predicted molar refractivity (Wildman–Crippen MR) is 74.2 cm³/mol. The van der Waals surface area contributed by atoms with Crippen LogP contribution in [0.5, 0.6) is 0 Å². The van der Waals surface area contributed by atoms with Gasteiger partial charge in [-0.25, -0.2) is 4.98 Å². The second kappa shape index (κ2) is 4.77. The Bertz CT molecular complexity index is 578. The van der Waals surface area contributed by atoms with E-state index < -0.39 is 0 Å². The quantitative estimate of drug-likeness (QED) is 0.876. The van der Waals surface area contributed by atoms with E-state index >= 15 is 0 Å². The van der Waals surface area contributed by atoms with Crippen LogP contribution in [0.25, 0.3) is 5.65 Å². The highest BCUT2D eigenvalue weighted by Gasteiger charge is 2.30. The fourth-order valence-electron chi connectivity index (χ4n) is 3.01. The lowest BCUT2D eigenvalue weighted by Gasteiger charge is -2.41. The summed E-state index contributed by atoms with van der Waals surface area (Å²) >= 11 is 0. The van der Waals surface area contributed by atoms with Gasteiger partial charge in [-0.1, -0.05) is 0 Å². The molecule has 1 saturated heterocycles. The fourth-order valence-corrected chi connectivity index (χ4v) is 3.01. The minimum absolute atomic E-state index is 0.347. The maximum Gasteiger partial charge on any atom is 0.203 e. The number of nitrogens with zero attached hydrogens (tertiary/aromatic N) is 5. The average Bonchev–Trinajstić information content (AvgIpc) is 2.80. The molecular weight excluding hydrogens is 240 g/mol. The first-order valence-corrected chi connectivity index (χ1v) is 6.87. The van der Waals surface area contributed by atoms with Crippen molar-refractivity contribution >= 4 is 11.5 Å². The number of aryl methyl sites for hydroxylation is 1. The van der Waals surface area contributed by atoms with Crippen LogP contribution in [0.1, 0.15) is 32.0 Å². The molecule has 2 aromatic heterocycles. The van der Waals surface area contributed by atoms with Crippen molar-refractivity contribution in [3.8, 4) is 0 Å². The Morgan fingerprint density at radius 3 is 3.00 bits per heavy atom. The van der Waals surface area contributed by atoms with Gasteiger partial charge in [0.1, 0.15) is 5.82 Å². The van der Waals surface area contributed by atoms with Gasteiger partial charge in [-0.2, -0.15) is 0 Å². The van der Waals surface area contributed by atoms with Crippen molar-refractivity contribution < 1.29 is 0 Å². The van der Waals surface area contributed by atoms with Crippen LogP contribution in [0.2, 0.25) is 0 Å². The van der Waals surface area contributed by atoms with Crippen molar-refractivity contribution in [3.05, 3.63) is 18.2 Å². The molecule has 2 aromatic rings. The molecule has 6 nitrogen and oxygen atoms in total. The number of hydrogen-bond donors (Lipinski definition) is 1. The van der Waals surface area contributed by atoms with Crippen LogP contribution >= 0.6 is 0 Å². The number of piperidine rings is 1. The molecule has 2 N–H and O–H groups in total. The number of aromatic nitrogens is 4. The standard InChI is InChI=1S/C13H20N6/c1-9-4-3-5-11(8-14)19(9)12-13-17-16-10(2)18(13)7-6-15-12/h6-7,9,11H,3-5,8,14H2,1-2H3. The number of rotatable bonds is 2. The molecule has 0 aliphatic carbocycles. The molecule has 19 heavy (non-hydrogen) atoms. The first kappa shape index (κ1) is 12.3. The second-order valence-corrected chi connectivity index (χ2v) is 5.27. The van der Waals surface area contributed by atoms with Crippen molar-refractivity contribution in [1.82, 2.24) is 19.6 Å². The second-order valence-electron chi connectivity index (χ2n) is 5.27. The van der Waals surface area contributed by atoms with Crippen molar-refractivity contribution in [2.75, 3.05) is 11.4 Å². The first-order valence-electron chi connectivity index (χ1n) is 6.87. The van der Waals surface area contributed by atoms with Gasteiger partial charge in [0.25, 0.3) is 0 Å². The summed E-state index contributed by atoms with van der Waals surface area (Å²) in [5.41, 5.74) is 6.76.